The Morgan fingerprint density at radius 1 is 0.375 bits per heavy atom. The third-order valence-electron chi connectivity index (χ3n) is 20.9. The number of hydrogen-bond acceptors (Lipinski definition) is 24. The Hall–Kier alpha value is -11.0. The van der Waals surface area contributed by atoms with Crippen molar-refractivity contribution in [2.75, 3.05) is 26.4 Å². The minimum atomic E-state index is -0.580. The van der Waals surface area contributed by atoms with E-state index in [9.17, 15) is 38.4 Å². The maximum Gasteiger partial charge on any atom is 0.330 e. The van der Waals surface area contributed by atoms with Crippen LogP contribution in [0, 0.1) is 63.2 Å². The molecule has 3 saturated carbocycles. The van der Waals surface area contributed by atoms with Crippen LogP contribution in [-0.4, -0.2) is 84.1 Å². The number of thiazole rings is 2. The SMILES string of the molecule is C=CC(=O)OCCCCCCOc1ccc(OC(=O)C2CCC(C(=O)Oc3ccc(OC(=O)C4CCC(C(=O)Oc5ccc(OC(=O)C6CCC(C(=O)Oc7ccc(OCCCCCCOC(=O)C=C)cc7)CC6)c6sc(-c7cc8c(C)cc(C)cc8o7)nc56)CC4)c4sc(-c5cc6c(C)cc(C)cc6o5)nc34)CC2)cc1. The van der Waals surface area contributed by atoms with Crippen molar-refractivity contribution < 1.29 is 94.6 Å². The van der Waals surface area contributed by atoms with Gasteiger partial charge in [0, 0.05) is 22.9 Å². The Bertz CT molecular complexity index is 4800. The molecule has 0 atom stereocenters. The van der Waals surface area contributed by atoms with Crippen molar-refractivity contribution in [3.8, 4) is 67.5 Å². The lowest BCUT2D eigenvalue weighted by molar-refractivity contribution is -0.145. The Morgan fingerprint density at radius 2 is 0.670 bits per heavy atom. The molecular weight excluding hydrogens is 1470 g/mol. The molecule has 10 aromatic rings. The number of rotatable bonds is 32. The predicted molar refractivity (Wildman–Crippen MR) is 422 cm³/mol. The number of aromatic nitrogens is 2. The van der Waals surface area contributed by atoms with E-state index in [0.29, 0.717) is 180 Å². The number of furan rings is 2. The van der Waals surface area contributed by atoms with Gasteiger partial charge in [0.15, 0.2) is 44.5 Å². The first kappa shape index (κ1) is 79.1. The summed E-state index contributed by atoms with van der Waals surface area (Å²) in [6, 6.07) is 32.1. The summed E-state index contributed by atoms with van der Waals surface area (Å²) < 4.78 is 71.9. The van der Waals surface area contributed by atoms with Crippen molar-refractivity contribution in [1.82, 2.24) is 9.97 Å². The number of hydrogen-bond donors (Lipinski definition) is 0. The molecule has 13 rings (SSSR count). The van der Waals surface area contributed by atoms with E-state index in [1.54, 1.807) is 72.8 Å². The zero-order valence-electron chi connectivity index (χ0n) is 63.3. The third kappa shape index (κ3) is 19.8. The molecule has 0 unspecified atom stereocenters. The van der Waals surface area contributed by atoms with Crippen LogP contribution in [0.3, 0.4) is 0 Å². The lowest BCUT2D eigenvalue weighted by Crippen LogP contribution is -2.30. The molecule has 0 saturated heterocycles. The molecule has 0 radical (unpaired) electrons. The van der Waals surface area contributed by atoms with Crippen LogP contribution < -0.4 is 37.9 Å². The fourth-order valence-corrected chi connectivity index (χ4v) is 16.6. The summed E-state index contributed by atoms with van der Waals surface area (Å²) in [5.74, 6) is -2.68. The zero-order valence-corrected chi connectivity index (χ0v) is 64.9. The van der Waals surface area contributed by atoms with Gasteiger partial charge in [0.05, 0.1) is 61.9 Å². The fourth-order valence-electron chi connectivity index (χ4n) is 14.7. The van der Waals surface area contributed by atoms with Crippen molar-refractivity contribution in [3.05, 3.63) is 157 Å². The molecule has 0 N–H and O–H groups in total. The number of nitrogens with zero attached hydrogens (tertiary/aromatic N) is 2. The van der Waals surface area contributed by atoms with Gasteiger partial charge in [-0.25, -0.2) is 19.6 Å². The van der Waals surface area contributed by atoms with E-state index in [2.05, 4.69) is 25.3 Å². The summed E-state index contributed by atoms with van der Waals surface area (Å²) in [5, 5.41) is 2.79. The zero-order chi connectivity index (χ0) is 78.4. The summed E-state index contributed by atoms with van der Waals surface area (Å²) in [6.45, 7) is 16.6. The highest BCUT2D eigenvalue weighted by Gasteiger charge is 2.37. The molecule has 3 fully saturated rings. The summed E-state index contributed by atoms with van der Waals surface area (Å²) in [7, 11) is 0. The Labute approximate surface area is 656 Å². The largest absolute Gasteiger partial charge is 0.494 e. The van der Waals surface area contributed by atoms with E-state index >= 15 is 0 Å². The van der Waals surface area contributed by atoms with Gasteiger partial charge < -0.3 is 56.2 Å². The first-order valence-corrected chi connectivity index (χ1v) is 40.2. The second kappa shape index (κ2) is 36.9. The number of unbranched alkanes of at least 4 members (excludes halogenated alkanes) is 6. The van der Waals surface area contributed by atoms with Crippen molar-refractivity contribution in [3.63, 3.8) is 0 Å². The maximum atomic E-state index is 14.4. The van der Waals surface area contributed by atoms with E-state index in [1.807, 2.05) is 52.0 Å². The van der Waals surface area contributed by atoms with Gasteiger partial charge in [-0.3, -0.25) is 28.8 Å². The first-order chi connectivity index (χ1) is 54.3. The van der Waals surface area contributed by atoms with Gasteiger partial charge in [0.2, 0.25) is 0 Å². The highest BCUT2D eigenvalue weighted by Crippen LogP contribution is 2.47. The highest BCUT2D eigenvalue weighted by molar-refractivity contribution is 7.22. The van der Waals surface area contributed by atoms with E-state index in [-0.39, 0.29) is 34.9 Å². The molecule has 0 bridgehead atoms. The number of fused-ring (bicyclic) bond motifs is 4. The molecule has 0 spiro atoms. The fraction of sp³-hybridized carbons (Fsp3) is 0.386. The minimum Gasteiger partial charge on any atom is -0.494 e. The molecule has 3 aliphatic carbocycles. The van der Waals surface area contributed by atoms with Crippen LogP contribution in [0.4, 0.5) is 0 Å². The predicted octanol–water partition coefficient (Wildman–Crippen LogP) is 19.3. The van der Waals surface area contributed by atoms with E-state index in [4.69, 9.17) is 66.2 Å². The van der Waals surface area contributed by atoms with Crippen molar-refractivity contribution in [2.24, 2.45) is 35.5 Å². The molecule has 24 heteroatoms. The number of benzene rings is 6. The summed E-state index contributed by atoms with van der Waals surface area (Å²) in [6.07, 6.45) is 13.7. The minimum absolute atomic E-state index is 0.163. The molecule has 4 heterocycles. The highest BCUT2D eigenvalue weighted by atomic mass is 32.1. The van der Waals surface area contributed by atoms with Gasteiger partial charge in [-0.2, -0.15) is 0 Å². The summed E-state index contributed by atoms with van der Waals surface area (Å²) in [5.41, 5.74) is 6.09. The van der Waals surface area contributed by atoms with Crippen LogP contribution in [0.1, 0.15) is 151 Å². The Balaban J connectivity index is 0.618. The number of carbonyl (C=O) groups is 8. The van der Waals surface area contributed by atoms with Gasteiger partial charge in [-0.1, -0.05) is 25.3 Å². The average molecular weight is 1560 g/mol. The maximum absolute atomic E-state index is 14.4. The Kier molecular flexibility index (Phi) is 26.1. The van der Waals surface area contributed by atoms with Crippen LogP contribution >= 0.6 is 22.7 Å². The summed E-state index contributed by atoms with van der Waals surface area (Å²) in [4.78, 5) is 116. The van der Waals surface area contributed by atoms with E-state index < -0.39 is 71.3 Å². The van der Waals surface area contributed by atoms with Crippen LogP contribution in [0.2, 0.25) is 0 Å². The standard InChI is InChI=1S/C88H90N2O20S2/c1-7-75(91)101-43-15-11-9-13-41-99-61-29-33-63(34-30-61)103-83(93)55-17-21-57(22-18-55)85(95)107-67-37-40-70(80-77(67)89-81(112-80)73-49-65-53(5)45-51(3)47-71(65)105-73)110-88(98)60-27-25-58(26-28-60)86(96)108-68-38-39-69(79-78(68)90-82(111-79)74-50-66-54(6)46-52(4)48-72(66)106-74)109-87(97)59-23-19-56(20-24-59)84(94)104-64-35-31-62(32-36-64)100-42-14-10-12-16-44-102-76(92)8-2/h7-8,29-40,45-50,55-60H,1-2,9-28,41-44H2,3-6H3. The lowest BCUT2D eigenvalue weighted by Gasteiger charge is -2.26. The van der Waals surface area contributed by atoms with Crippen LogP contribution in [0.25, 0.3) is 63.9 Å². The molecule has 584 valence electrons. The molecule has 3 aliphatic rings. The van der Waals surface area contributed by atoms with Gasteiger partial charge in [0.25, 0.3) is 0 Å². The lowest BCUT2D eigenvalue weighted by atomic mass is 9.82. The number of aryl methyl sites for hydroxylation is 4. The first-order valence-electron chi connectivity index (χ1n) is 38.5. The van der Waals surface area contributed by atoms with Crippen LogP contribution in [0.15, 0.2) is 143 Å². The second-order valence-corrected chi connectivity index (χ2v) is 31.1. The Morgan fingerprint density at radius 3 is 1.00 bits per heavy atom. The van der Waals surface area contributed by atoms with Gasteiger partial charge in [-0.05, 0) is 275 Å². The number of carbonyl (C=O) groups excluding carboxylic acids is 8. The summed E-state index contributed by atoms with van der Waals surface area (Å²) >= 11 is 2.48. The molecule has 112 heavy (non-hydrogen) atoms. The topological polar surface area (TPSA) is 281 Å². The smallest absolute Gasteiger partial charge is 0.330 e. The molecule has 0 aliphatic heterocycles. The van der Waals surface area contributed by atoms with Gasteiger partial charge >= 0.3 is 47.8 Å². The molecule has 6 aromatic carbocycles. The molecule has 22 nitrogen and oxygen atoms in total. The molecule has 0 amide bonds. The van der Waals surface area contributed by atoms with Crippen molar-refractivity contribution in [1.29, 1.82) is 0 Å². The third-order valence-corrected chi connectivity index (χ3v) is 23.1. The van der Waals surface area contributed by atoms with Gasteiger partial charge in [0.1, 0.15) is 54.6 Å². The number of ether oxygens (including phenoxy) is 10. The van der Waals surface area contributed by atoms with Crippen LogP contribution in [-0.2, 0) is 47.8 Å². The molecular formula is C88H90N2O20S2. The average Bonchev–Trinajstić information content (AvgIpc) is 1.62. The molecule has 4 aromatic heterocycles. The van der Waals surface area contributed by atoms with Crippen LogP contribution in [0.5, 0.6) is 46.0 Å². The van der Waals surface area contributed by atoms with Gasteiger partial charge in [-0.15, -0.1) is 22.7 Å². The normalized spacial score (nSPS) is 17.6. The van der Waals surface area contributed by atoms with E-state index in [1.165, 1.54) is 22.7 Å². The van der Waals surface area contributed by atoms with Crippen molar-refractivity contribution >= 4 is 113 Å². The number of esters is 8. The van der Waals surface area contributed by atoms with Crippen molar-refractivity contribution in [2.45, 2.75) is 156 Å². The monoisotopic (exact) mass is 1560 g/mol. The van der Waals surface area contributed by atoms with E-state index in [0.717, 1.165) is 96.5 Å². The quantitative estimate of drug-likeness (QED) is 0.0164. The second-order valence-electron chi connectivity index (χ2n) is 29.1.